The third-order valence-corrected chi connectivity index (χ3v) is 5.51. The van der Waals surface area contributed by atoms with E-state index in [1.54, 1.807) is 0 Å². The molecule has 1 saturated heterocycles. The molecule has 0 spiro atoms. The number of hydrogen-bond acceptors (Lipinski definition) is 3. The van der Waals surface area contributed by atoms with Crippen LogP contribution in [0.1, 0.15) is 57.8 Å². The molecule has 2 rings (SSSR count). The van der Waals surface area contributed by atoms with Crippen molar-refractivity contribution in [3.63, 3.8) is 0 Å². The third-order valence-electron chi connectivity index (χ3n) is 5.51. The van der Waals surface area contributed by atoms with E-state index >= 15 is 0 Å². The van der Waals surface area contributed by atoms with Crippen molar-refractivity contribution in [2.24, 2.45) is 17.1 Å². The van der Waals surface area contributed by atoms with Crippen molar-refractivity contribution in [2.45, 2.75) is 57.8 Å². The van der Waals surface area contributed by atoms with Crippen LogP contribution in [0.3, 0.4) is 0 Å². The molecule has 122 valence electrons. The lowest BCUT2D eigenvalue weighted by Gasteiger charge is -2.37. The number of nitrogens with two attached hydrogens (primary N) is 1. The highest BCUT2D eigenvalue weighted by Crippen LogP contribution is 2.38. The molecule has 0 aromatic rings. The second kappa shape index (κ2) is 8.14. The van der Waals surface area contributed by atoms with Crippen LogP contribution in [0.25, 0.3) is 0 Å². The number of carbonyl (C=O) groups excluding carboxylic acids is 1. The molecule has 4 nitrogen and oxygen atoms in total. The van der Waals surface area contributed by atoms with Gasteiger partial charge in [-0.2, -0.15) is 0 Å². The molecule has 1 amide bonds. The van der Waals surface area contributed by atoms with Crippen LogP contribution >= 0.6 is 0 Å². The van der Waals surface area contributed by atoms with Crippen LogP contribution in [-0.2, 0) is 9.53 Å². The number of nitrogens with zero attached hydrogens (tertiary/aromatic N) is 1. The van der Waals surface area contributed by atoms with Gasteiger partial charge < -0.3 is 15.4 Å². The summed E-state index contributed by atoms with van der Waals surface area (Å²) in [6, 6.07) is 0. The first-order valence-corrected chi connectivity index (χ1v) is 8.67. The molecule has 0 aromatic heterocycles. The van der Waals surface area contributed by atoms with Gasteiger partial charge >= 0.3 is 0 Å². The van der Waals surface area contributed by atoms with E-state index in [1.807, 2.05) is 11.9 Å². The summed E-state index contributed by atoms with van der Waals surface area (Å²) in [6.45, 7) is 3.31. The van der Waals surface area contributed by atoms with Crippen LogP contribution in [0.4, 0.5) is 0 Å². The number of ether oxygens (including phenoxy) is 1. The molecule has 21 heavy (non-hydrogen) atoms. The zero-order valence-electron chi connectivity index (χ0n) is 13.6. The Morgan fingerprint density at radius 2 is 1.90 bits per heavy atom. The molecule has 0 radical (unpaired) electrons. The molecule has 0 atom stereocenters. The lowest BCUT2D eigenvalue weighted by Crippen LogP contribution is -2.39. The molecular weight excluding hydrogens is 264 g/mol. The Hall–Kier alpha value is -0.610. The van der Waals surface area contributed by atoms with Gasteiger partial charge in [0.1, 0.15) is 0 Å². The Balaban J connectivity index is 1.75. The second-order valence-electron chi connectivity index (χ2n) is 7.10. The fraction of sp³-hybridized carbons (Fsp3) is 0.941. The van der Waals surface area contributed by atoms with E-state index in [-0.39, 0.29) is 11.3 Å². The van der Waals surface area contributed by atoms with E-state index in [2.05, 4.69) is 0 Å². The Bertz CT molecular complexity index is 321. The van der Waals surface area contributed by atoms with Crippen molar-refractivity contribution >= 4 is 5.91 Å². The van der Waals surface area contributed by atoms with Crippen LogP contribution in [-0.4, -0.2) is 44.2 Å². The van der Waals surface area contributed by atoms with Gasteiger partial charge in [0, 0.05) is 33.2 Å². The van der Waals surface area contributed by atoms with E-state index < -0.39 is 0 Å². The quantitative estimate of drug-likeness (QED) is 0.819. The Kier molecular flexibility index (Phi) is 6.49. The maximum Gasteiger partial charge on any atom is 0.222 e. The molecule has 1 heterocycles. The van der Waals surface area contributed by atoms with Crippen LogP contribution in [0, 0.1) is 11.3 Å². The van der Waals surface area contributed by atoms with Crippen LogP contribution in [0.5, 0.6) is 0 Å². The first kappa shape index (κ1) is 16.8. The number of carbonyl (C=O) groups is 1. The minimum absolute atomic E-state index is 0.0856. The van der Waals surface area contributed by atoms with E-state index in [0.717, 1.165) is 57.8 Å². The summed E-state index contributed by atoms with van der Waals surface area (Å²) in [5, 5.41) is 0. The average molecular weight is 296 g/mol. The molecule has 2 N–H and O–H groups in total. The van der Waals surface area contributed by atoms with Crippen LogP contribution in [0.2, 0.25) is 0 Å². The highest BCUT2D eigenvalue weighted by molar-refractivity contribution is 5.76. The number of rotatable bonds is 6. The number of hydrogen-bond donors (Lipinski definition) is 1. The van der Waals surface area contributed by atoms with Crippen molar-refractivity contribution in [1.29, 1.82) is 0 Å². The predicted octanol–water partition coefficient (Wildman–Crippen LogP) is 2.56. The maximum atomic E-state index is 12.5. The molecule has 0 unspecified atom stereocenters. The van der Waals surface area contributed by atoms with Gasteiger partial charge in [0.25, 0.3) is 0 Å². The molecule has 1 saturated carbocycles. The Morgan fingerprint density at radius 1 is 1.24 bits per heavy atom. The number of amides is 1. The van der Waals surface area contributed by atoms with Crippen molar-refractivity contribution in [3.8, 4) is 0 Å². The standard InChI is InChI=1S/C17H32N2O2/c1-19(10-5-15-6-11-21-12-7-15)16(20)13-17(14-18)8-3-2-4-9-17/h15H,2-14,18H2,1H3. The first-order chi connectivity index (χ1) is 10.2. The van der Waals surface area contributed by atoms with E-state index in [4.69, 9.17) is 10.5 Å². The minimum Gasteiger partial charge on any atom is -0.381 e. The largest absolute Gasteiger partial charge is 0.381 e. The Morgan fingerprint density at radius 3 is 2.52 bits per heavy atom. The zero-order chi connectivity index (χ0) is 15.1. The van der Waals surface area contributed by atoms with Crippen molar-refractivity contribution < 1.29 is 9.53 Å². The van der Waals surface area contributed by atoms with Gasteiger partial charge in [0.2, 0.25) is 5.91 Å². The van der Waals surface area contributed by atoms with Crippen molar-refractivity contribution in [3.05, 3.63) is 0 Å². The molecule has 0 bridgehead atoms. The van der Waals surface area contributed by atoms with E-state index in [1.165, 1.54) is 19.3 Å². The van der Waals surface area contributed by atoms with Gasteiger partial charge in [-0.15, -0.1) is 0 Å². The molecule has 1 aliphatic carbocycles. The average Bonchev–Trinajstić information content (AvgIpc) is 2.54. The van der Waals surface area contributed by atoms with Crippen molar-refractivity contribution in [2.75, 3.05) is 33.4 Å². The van der Waals surface area contributed by atoms with Gasteiger partial charge in [0.05, 0.1) is 0 Å². The van der Waals surface area contributed by atoms with Crippen molar-refractivity contribution in [1.82, 2.24) is 4.90 Å². The van der Waals surface area contributed by atoms with Gasteiger partial charge in [-0.1, -0.05) is 19.3 Å². The summed E-state index contributed by atoms with van der Waals surface area (Å²) in [7, 11) is 1.95. The highest BCUT2D eigenvalue weighted by atomic mass is 16.5. The smallest absolute Gasteiger partial charge is 0.222 e. The van der Waals surface area contributed by atoms with E-state index in [0.29, 0.717) is 13.0 Å². The molecule has 4 heteroatoms. The minimum atomic E-state index is 0.0856. The lowest BCUT2D eigenvalue weighted by atomic mass is 9.71. The fourth-order valence-corrected chi connectivity index (χ4v) is 3.75. The summed E-state index contributed by atoms with van der Waals surface area (Å²) in [5.41, 5.74) is 6.08. The summed E-state index contributed by atoms with van der Waals surface area (Å²) < 4.78 is 5.39. The first-order valence-electron chi connectivity index (χ1n) is 8.67. The SMILES string of the molecule is CN(CCC1CCOCC1)C(=O)CC1(CN)CCCCC1. The summed E-state index contributed by atoms with van der Waals surface area (Å²) in [5.74, 6) is 1.02. The predicted molar refractivity (Wildman–Crippen MR) is 85.0 cm³/mol. The summed E-state index contributed by atoms with van der Waals surface area (Å²) in [6.07, 6.45) is 10.1. The van der Waals surface area contributed by atoms with Gasteiger partial charge in [-0.05, 0) is 50.0 Å². The molecule has 1 aliphatic heterocycles. The molecule has 2 fully saturated rings. The van der Waals surface area contributed by atoms with Crippen LogP contribution in [0.15, 0.2) is 0 Å². The van der Waals surface area contributed by atoms with Gasteiger partial charge in [-0.25, -0.2) is 0 Å². The highest BCUT2D eigenvalue weighted by Gasteiger charge is 2.33. The molecule has 0 aromatic carbocycles. The van der Waals surface area contributed by atoms with Gasteiger partial charge in [0.15, 0.2) is 0 Å². The Labute approximate surface area is 129 Å². The summed E-state index contributed by atoms with van der Waals surface area (Å²) in [4.78, 5) is 14.4. The topological polar surface area (TPSA) is 55.6 Å². The normalized spacial score (nSPS) is 23.0. The maximum absolute atomic E-state index is 12.5. The van der Waals surface area contributed by atoms with Crippen LogP contribution < -0.4 is 5.73 Å². The van der Waals surface area contributed by atoms with E-state index in [9.17, 15) is 4.79 Å². The summed E-state index contributed by atoms with van der Waals surface area (Å²) >= 11 is 0. The monoisotopic (exact) mass is 296 g/mol. The second-order valence-corrected chi connectivity index (χ2v) is 7.10. The zero-order valence-corrected chi connectivity index (χ0v) is 13.6. The molecule has 2 aliphatic rings. The molecular formula is C17H32N2O2. The fourth-order valence-electron chi connectivity index (χ4n) is 3.75. The third kappa shape index (κ3) is 4.96. The van der Waals surface area contributed by atoms with Gasteiger partial charge in [-0.3, -0.25) is 4.79 Å². The lowest BCUT2D eigenvalue weighted by molar-refractivity contribution is -0.133.